The van der Waals surface area contributed by atoms with Crippen molar-refractivity contribution in [3.8, 4) is 0 Å². The Bertz CT molecular complexity index is 263. The summed E-state index contributed by atoms with van der Waals surface area (Å²) in [4.78, 5) is 24.6. The Hall–Kier alpha value is -1.32. The van der Waals surface area contributed by atoms with Gasteiger partial charge in [-0.05, 0) is 19.4 Å². The van der Waals surface area contributed by atoms with Crippen LogP contribution >= 0.6 is 0 Å². The predicted octanol–water partition coefficient (Wildman–Crippen LogP) is 2.14. The summed E-state index contributed by atoms with van der Waals surface area (Å²) in [5, 5.41) is 0. The van der Waals surface area contributed by atoms with Crippen LogP contribution in [-0.4, -0.2) is 36.5 Å². The number of hydrogen-bond donors (Lipinski definition) is 0. The number of unbranched alkanes of at least 4 members (excludes halogenated alkanes) is 3. The number of methoxy groups -OCH3 is 1. The van der Waals surface area contributed by atoms with Crippen molar-refractivity contribution in [1.82, 2.24) is 4.90 Å². The summed E-state index contributed by atoms with van der Waals surface area (Å²) >= 11 is 0. The molecule has 0 rings (SSSR count). The Kier molecular flexibility index (Phi) is 8.11. The highest BCUT2D eigenvalue weighted by Crippen LogP contribution is 2.07. The van der Waals surface area contributed by atoms with Gasteiger partial charge in [-0.2, -0.15) is 0 Å². The number of rotatable bonds is 8. The highest BCUT2D eigenvalue weighted by atomic mass is 16.5. The van der Waals surface area contributed by atoms with E-state index in [-0.39, 0.29) is 5.91 Å². The second-order valence-corrected chi connectivity index (χ2v) is 4.00. The average molecular weight is 241 g/mol. The molecule has 0 heterocycles. The van der Waals surface area contributed by atoms with Crippen molar-refractivity contribution in [2.45, 2.75) is 45.6 Å². The molecule has 0 aliphatic heterocycles. The van der Waals surface area contributed by atoms with E-state index in [1.807, 2.05) is 0 Å². The van der Waals surface area contributed by atoms with E-state index in [2.05, 4.69) is 18.2 Å². The van der Waals surface area contributed by atoms with E-state index >= 15 is 0 Å². The van der Waals surface area contributed by atoms with Crippen molar-refractivity contribution in [3.05, 3.63) is 12.7 Å². The third-order valence-corrected chi connectivity index (χ3v) is 2.72. The second-order valence-electron chi connectivity index (χ2n) is 4.00. The van der Waals surface area contributed by atoms with E-state index in [0.29, 0.717) is 6.54 Å². The molecule has 0 N–H and O–H groups in total. The summed E-state index contributed by atoms with van der Waals surface area (Å²) in [6, 6.07) is -0.549. The minimum Gasteiger partial charge on any atom is -0.467 e. The van der Waals surface area contributed by atoms with Crippen LogP contribution in [0.1, 0.15) is 39.5 Å². The number of amides is 1. The third kappa shape index (κ3) is 5.52. The van der Waals surface area contributed by atoms with Gasteiger partial charge in [0.05, 0.1) is 7.11 Å². The van der Waals surface area contributed by atoms with Crippen LogP contribution in [0.25, 0.3) is 0 Å². The molecule has 0 spiro atoms. The summed E-state index contributed by atoms with van der Waals surface area (Å²) in [5.74, 6) is -0.616. The van der Waals surface area contributed by atoms with Gasteiger partial charge in [-0.25, -0.2) is 4.79 Å². The molecule has 98 valence electrons. The summed E-state index contributed by atoms with van der Waals surface area (Å²) in [7, 11) is 1.33. The van der Waals surface area contributed by atoms with Gasteiger partial charge in [0.25, 0.3) is 0 Å². The van der Waals surface area contributed by atoms with Crippen LogP contribution in [0.15, 0.2) is 12.7 Å². The van der Waals surface area contributed by atoms with E-state index in [1.165, 1.54) is 18.1 Å². The topological polar surface area (TPSA) is 46.6 Å². The van der Waals surface area contributed by atoms with Crippen LogP contribution in [0.2, 0.25) is 0 Å². The lowest BCUT2D eigenvalue weighted by Crippen LogP contribution is -2.43. The van der Waals surface area contributed by atoms with Gasteiger partial charge in [0.2, 0.25) is 5.91 Å². The van der Waals surface area contributed by atoms with Crippen molar-refractivity contribution < 1.29 is 14.3 Å². The molecule has 4 heteroatoms. The van der Waals surface area contributed by atoms with Crippen LogP contribution in [0.5, 0.6) is 0 Å². The van der Waals surface area contributed by atoms with Gasteiger partial charge < -0.3 is 9.64 Å². The number of nitrogens with zero attached hydrogens (tertiary/aromatic N) is 1. The molecule has 0 aliphatic rings. The van der Waals surface area contributed by atoms with E-state index in [0.717, 1.165) is 25.7 Å². The van der Waals surface area contributed by atoms with Gasteiger partial charge in [-0.15, -0.1) is 0 Å². The molecular weight excluding hydrogens is 218 g/mol. The summed E-state index contributed by atoms with van der Waals surface area (Å²) in [6.45, 7) is 7.82. The first kappa shape index (κ1) is 15.7. The Balaban J connectivity index is 4.38. The summed E-state index contributed by atoms with van der Waals surface area (Å²) < 4.78 is 4.65. The van der Waals surface area contributed by atoms with E-state index in [9.17, 15) is 9.59 Å². The molecule has 0 saturated carbocycles. The number of esters is 1. The van der Waals surface area contributed by atoms with Crippen molar-refractivity contribution in [2.24, 2.45) is 0 Å². The molecule has 0 saturated heterocycles. The molecule has 0 bridgehead atoms. The van der Waals surface area contributed by atoms with Crippen molar-refractivity contribution >= 4 is 11.9 Å². The van der Waals surface area contributed by atoms with Crippen LogP contribution in [0.3, 0.4) is 0 Å². The highest BCUT2D eigenvalue weighted by molar-refractivity contribution is 5.90. The van der Waals surface area contributed by atoms with Crippen LogP contribution in [-0.2, 0) is 14.3 Å². The van der Waals surface area contributed by atoms with Crippen LogP contribution < -0.4 is 0 Å². The molecule has 0 aromatic carbocycles. The van der Waals surface area contributed by atoms with Gasteiger partial charge >= 0.3 is 5.97 Å². The molecule has 0 aromatic heterocycles. The molecule has 1 atom stereocenters. The van der Waals surface area contributed by atoms with Gasteiger partial charge in [0, 0.05) is 6.54 Å². The standard InChI is InChI=1S/C13H23NO3/c1-5-7-8-9-10-14(12(15)6-2)11(3)13(16)17-4/h6,11H,2,5,7-10H2,1,3-4H3. The Morgan fingerprint density at radius 1 is 1.35 bits per heavy atom. The zero-order valence-corrected chi connectivity index (χ0v) is 11.1. The Morgan fingerprint density at radius 2 is 2.00 bits per heavy atom. The van der Waals surface area contributed by atoms with E-state index in [1.54, 1.807) is 6.92 Å². The largest absolute Gasteiger partial charge is 0.467 e. The second kappa shape index (κ2) is 8.79. The van der Waals surface area contributed by atoms with E-state index in [4.69, 9.17) is 0 Å². The first-order chi connectivity index (χ1) is 8.08. The molecule has 0 radical (unpaired) electrons. The first-order valence-corrected chi connectivity index (χ1v) is 6.09. The van der Waals surface area contributed by atoms with Crippen molar-refractivity contribution in [1.29, 1.82) is 0 Å². The summed E-state index contributed by atoms with van der Waals surface area (Å²) in [6.07, 6.45) is 5.48. The molecule has 1 unspecified atom stereocenters. The van der Waals surface area contributed by atoms with Crippen molar-refractivity contribution in [3.63, 3.8) is 0 Å². The van der Waals surface area contributed by atoms with Gasteiger partial charge in [0.1, 0.15) is 6.04 Å². The minimum absolute atomic E-state index is 0.223. The smallest absolute Gasteiger partial charge is 0.328 e. The number of hydrogen-bond acceptors (Lipinski definition) is 3. The maximum atomic E-state index is 11.6. The fourth-order valence-electron chi connectivity index (χ4n) is 1.62. The van der Waals surface area contributed by atoms with Crippen molar-refractivity contribution in [2.75, 3.05) is 13.7 Å². The fourth-order valence-corrected chi connectivity index (χ4v) is 1.62. The fraction of sp³-hybridized carbons (Fsp3) is 0.692. The highest BCUT2D eigenvalue weighted by Gasteiger charge is 2.24. The van der Waals surface area contributed by atoms with E-state index < -0.39 is 12.0 Å². The molecule has 4 nitrogen and oxygen atoms in total. The molecule has 1 amide bonds. The lowest BCUT2D eigenvalue weighted by atomic mass is 10.1. The quantitative estimate of drug-likeness (QED) is 0.371. The van der Waals surface area contributed by atoms with Crippen LogP contribution in [0, 0.1) is 0 Å². The number of ether oxygens (including phenoxy) is 1. The SMILES string of the molecule is C=CC(=O)N(CCCCCC)C(C)C(=O)OC. The lowest BCUT2D eigenvalue weighted by Gasteiger charge is -2.26. The summed E-state index contributed by atoms with van der Waals surface area (Å²) in [5.41, 5.74) is 0. The third-order valence-electron chi connectivity index (χ3n) is 2.72. The van der Waals surface area contributed by atoms with Gasteiger partial charge in [-0.1, -0.05) is 32.8 Å². The monoisotopic (exact) mass is 241 g/mol. The normalized spacial score (nSPS) is 11.7. The zero-order valence-electron chi connectivity index (χ0n) is 11.1. The predicted molar refractivity (Wildman–Crippen MR) is 67.5 cm³/mol. The van der Waals surface area contributed by atoms with Gasteiger partial charge in [0.15, 0.2) is 0 Å². The molecule has 0 aromatic rings. The molecule has 0 fully saturated rings. The maximum absolute atomic E-state index is 11.6. The first-order valence-electron chi connectivity index (χ1n) is 6.09. The Labute approximate surface area is 104 Å². The Morgan fingerprint density at radius 3 is 2.47 bits per heavy atom. The average Bonchev–Trinajstić information content (AvgIpc) is 2.36. The molecule has 0 aliphatic carbocycles. The van der Waals surface area contributed by atoms with Gasteiger partial charge in [-0.3, -0.25) is 4.79 Å². The molecule has 17 heavy (non-hydrogen) atoms. The lowest BCUT2D eigenvalue weighted by molar-refractivity contribution is -0.150. The maximum Gasteiger partial charge on any atom is 0.328 e. The molecular formula is C13H23NO3. The zero-order chi connectivity index (χ0) is 13.3. The number of carbonyl (C=O) groups excluding carboxylic acids is 2. The van der Waals surface area contributed by atoms with Crippen LogP contribution in [0.4, 0.5) is 0 Å². The minimum atomic E-state index is -0.549. The number of carbonyl (C=O) groups is 2.